The Morgan fingerprint density at radius 3 is 2.76 bits per heavy atom. The van der Waals surface area contributed by atoms with Crippen LogP contribution in [0, 0.1) is 5.92 Å². The Balaban J connectivity index is 1.88. The number of rotatable bonds is 5. The van der Waals surface area contributed by atoms with Gasteiger partial charge in [-0.3, -0.25) is 0 Å². The monoisotopic (exact) mass is 288 g/mol. The molecular weight excluding hydrogens is 268 g/mol. The van der Waals surface area contributed by atoms with Gasteiger partial charge in [-0.25, -0.2) is 4.98 Å². The first kappa shape index (κ1) is 13.7. The first-order chi connectivity index (χ1) is 10.3. The van der Waals surface area contributed by atoms with Gasteiger partial charge < -0.3 is 10.6 Å². The molecule has 2 atom stereocenters. The van der Waals surface area contributed by atoms with Crippen LogP contribution >= 0.6 is 0 Å². The van der Waals surface area contributed by atoms with Gasteiger partial charge in [0, 0.05) is 12.6 Å². The Morgan fingerprint density at radius 2 is 2.10 bits per heavy atom. The van der Waals surface area contributed by atoms with Crippen molar-refractivity contribution in [2.75, 3.05) is 17.2 Å². The molecule has 1 aliphatic rings. The first-order valence-corrected chi connectivity index (χ1v) is 7.37. The topological polar surface area (TPSA) is 93.4 Å². The molecule has 1 saturated carbocycles. The lowest BCUT2D eigenvalue weighted by Crippen LogP contribution is -2.24. The maximum atomic E-state index is 4.44. The number of aromatic nitrogens is 6. The molecule has 2 N–H and O–H groups in total. The van der Waals surface area contributed by atoms with E-state index < -0.39 is 0 Å². The van der Waals surface area contributed by atoms with Crippen molar-refractivity contribution in [3.05, 3.63) is 12.7 Å². The van der Waals surface area contributed by atoms with Crippen LogP contribution in [0.2, 0.25) is 0 Å². The fourth-order valence-corrected chi connectivity index (χ4v) is 2.61. The minimum atomic E-state index is 0.422. The van der Waals surface area contributed by atoms with Crippen molar-refractivity contribution in [3.63, 3.8) is 0 Å². The van der Waals surface area contributed by atoms with E-state index in [-0.39, 0.29) is 0 Å². The number of hydrogen-bond acceptors (Lipinski definition) is 7. The van der Waals surface area contributed by atoms with Crippen molar-refractivity contribution in [1.82, 2.24) is 29.7 Å². The maximum absolute atomic E-state index is 4.44. The van der Waals surface area contributed by atoms with Gasteiger partial charge in [0.2, 0.25) is 11.9 Å². The van der Waals surface area contributed by atoms with Gasteiger partial charge in [0.05, 0.1) is 0 Å². The Hall–Kier alpha value is -2.25. The average molecular weight is 288 g/mol. The highest BCUT2D eigenvalue weighted by molar-refractivity contribution is 5.38. The van der Waals surface area contributed by atoms with Gasteiger partial charge in [0.1, 0.15) is 12.7 Å². The van der Waals surface area contributed by atoms with Gasteiger partial charge in [-0.15, -0.1) is 0 Å². The minimum Gasteiger partial charge on any atom is -0.354 e. The molecule has 0 amide bonds. The highest BCUT2D eigenvalue weighted by atomic mass is 15.4. The van der Waals surface area contributed by atoms with Gasteiger partial charge in [-0.1, -0.05) is 13.3 Å². The average Bonchev–Trinajstić information content (AvgIpc) is 3.12. The summed E-state index contributed by atoms with van der Waals surface area (Å²) < 4.78 is 1.53. The van der Waals surface area contributed by atoms with Gasteiger partial charge in [0.15, 0.2) is 0 Å². The molecule has 112 valence electrons. The predicted molar refractivity (Wildman–Crippen MR) is 79.3 cm³/mol. The summed E-state index contributed by atoms with van der Waals surface area (Å²) in [5.74, 6) is 2.24. The normalized spacial score (nSPS) is 21.4. The highest BCUT2D eigenvalue weighted by Gasteiger charge is 2.24. The molecule has 2 aromatic rings. The summed E-state index contributed by atoms with van der Waals surface area (Å²) in [7, 11) is 0. The molecule has 1 fully saturated rings. The summed E-state index contributed by atoms with van der Waals surface area (Å²) in [6, 6.07) is 0.422. The summed E-state index contributed by atoms with van der Waals surface area (Å²) in [6.07, 6.45) is 6.69. The van der Waals surface area contributed by atoms with Crippen LogP contribution in [0.4, 0.5) is 11.9 Å². The van der Waals surface area contributed by atoms with Gasteiger partial charge in [-0.05, 0) is 25.7 Å². The lowest BCUT2D eigenvalue weighted by Gasteiger charge is -2.17. The van der Waals surface area contributed by atoms with Gasteiger partial charge in [0.25, 0.3) is 5.95 Å². The second kappa shape index (κ2) is 6.02. The minimum absolute atomic E-state index is 0.422. The van der Waals surface area contributed by atoms with Crippen molar-refractivity contribution in [2.45, 2.75) is 39.2 Å². The molecule has 0 aliphatic heterocycles. The van der Waals surface area contributed by atoms with Gasteiger partial charge in [-0.2, -0.15) is 24.7 Å². The number of nitrogens with one attached hydrogen (secondary N) is 2. The van der Waals surface area contributed by atoms with Crippen molar-refractivity contribution in [2.24, 2.45) is 5.92 Å². The number of nitrogens with zero attached hydrogens (tertiary/aromatic N) is 6. The second-order valence-electron chi connectivity index (χ2n) is 5.31. The van der Waals surface area contributed by atoms with Crippen LogP contribution in [-0.4, -0.2) is 42.3 Å². The van der Waals surface area contributed by atoms with Crippen LogP contribution in [0.3, 0.4) is 0 Å². The highest BCUT2D eigenvalue weighted by Crippen LogP contribution is 2.27. The Bertz CT molecular complexity index is 582. The predicted octanol–water partition coefficient (Wildman–Crippen LogP) is 1.48. The largest absolute Gasteiger partial charge is 0.354 e. The summed E-state index contributed by atoms with van der Waals surface area (Å²) in [5.41, 5.74) is 0. The maximum Gasteiger partial charge on any atom is 0.258 e. The molecule has 0 aromatic carbocycles. The Kier molecular flexibility index (Phi) is 3.94. The molecule has 0 saturated heterocycles. The molecule has 21 heavy (non-hydrogen) atoms. The summed E-state index contributed by atoms with van der Waals surface area (Å²) >= 11 is 0. The van der Waals surface area contributed by atoms with Crippen LogP contribution in [-0.2, 0) is 0 Å². The molecular formula is C13H20N8. The summed E-state index contributed by atoms with van der Waals surface area (Å²) in [5, 5.41) is 10.6. The van der Waals surface area contributed by atoms with E-state index in [0.29, 0.717) is 29.8 Å². The molecule has 2 unspecified atom stereocenters. The zero-order valence-corrected chi connectivity index (χ0v) is 12.3. The second-order valence-corrected chi connectivity index (χ2v) is 5.31. The molecule has 0 bridgehead atoms. The van der Waals surface area contributed by atoms with Crippen LogP contribution in [0.1, 0.15) is 33.1 Å². The first-order valence-electron chi connectivity index (χ1n) is 7.37. The number of hydrogen-bond donors (Lipinski definition) is 2. The van der Waals surface area contributed by atoms with E-state index in [9.17, 15) is 0 Å². The molecule has 8 heteroatoms. The van der Waals surface area contributed by atoms with Gasteiger partial charge >= 0.3 is 0 Å². The number of anilines is 2. The molecule has 8 nitrogen and oxygen atoms in total. The summed E-state index contributed by atoms with van der Waals surface area (Å²) in [6.45, 7) is 5.01. The lowest BCUT2D eigenvalue weighted by molar-refractivity contribution is 0.552. The lowest BCUT2D eigenvalue weighted by atomic mass is 10.1. The zero-order valence-electron chi connectivity index (χ0n) is 12.3. The SMILES string of the molecule is CCNc1nc(NC2CCCC2C)nc(-n2cncn2)n1. The Morgan fingerprint density at radius 1 is 1.24 bits per heavy atom. The van der Waals surface area contributed by atoms with E-state index in [0.717, 1.165) is 13.0 Å². The summed E-state index contributed by atoms with van der Waals surface area (Å²) in [4.78, 5) is 17.1. The van der Waals surface area contributed by atoms with Crippen molar-refractivity contribution < 1.29 is 0 Å². The molecule has 2 aromatic heterocycles. The molecule has 2 heterocycles. The van der Waals surface area contributed by atoms with Crippen LogP contribution in [0.5, 0.6) is 0 Å². The molecule has 0 radical (unpaired) electrons. The van der Waals surface area contributed by atoms with E-state index in [1.165, 1.54) is 23.9 Å². The Labute approximate surface area is 123 Å². The van der Waals surface area contributed by atoms with E-state index in [1.807, 2.05) is 6.92 Å². The zero-order chi connectivity index (χ0) is 14.7. The van der Waals surface area contributed by atoms with Crippen LogP contribution in [0.25, 0.3) is 5.95 Å². The smallest absolute Gasteiger partial charge is 0.258 e. The fraction of sp³-hybridized carbons (Fsp3) is 0.615. The van der Waals surface area contributed by atoms with E-state index in [4.69, 9.17) is 0 Å². The van der Waals surface area contributed by atoms with Crippen molar-refractivity contribution in [1.29, 1.82) is 0 Å². The van der Waals surface area contributed by atoms with Crippen LogP contribution in [0.15, 0.2) is 12.7 Å². The van der Waals surface area contributed by atoms with E-state index in [2.05, 4.69) is 42.6 Å². The third kappa shape index (κ3) is 3.09. The third-order valence-corrected chi connectivity index (χ3v) is 3.76. The molecule has 0 spiro atoms. The van der Waals surface area contributed by atoms with Crippen molar-refractivity contribution in [3.8, 4) is 5.95 Å². The van der Waals surface area contributed by atoms with E-state index in [1.54, 1.807) is 6.33 Å². The van der Waals surface area contributed by atoms with Crippen LogP contribution < -0.4 is 10.6 Å². The fourth-order valence-electron chi connectivity index (χ4n) is 2.61. The molecule has 1 aliphatic carbocycles. The standard InChI is InChI=1S/C13H20N8/c1-3-15-11-18-12(17-10-6-4-5-9(10)2)20-13(19-11)21-8-14-7-16-21/h7-10H,3-6H2,1-2H3,(H2,15,17,18,19,20). The molecule has 3 rings (SSSR count). The third-order valence-electron chi connectivity index (χ3n) is 3.76. The quantitative estimate of drug-likeness (QED) is 0.860. The van der Waals surface area contributed by atoms with E-state index >= 15 is 0 Å². The van der Waals surface area contributed by atoms with Crippen molar-refractivity contribution >= 4 is 11.9 Å².